The van der Waals surface area contributed by atoms with Crippen molar-refractivity contribution < 1.29 is 19.4 Å². The first-order chi connectivity index (χ1) is 5.81. The van der Waals surface area contributed by atoms with Gasteiger partial charge in [0, 0.05) is 19.3 Å². The quantitative estimate of drug-likeness (QED) is 0.487. The molecule has 4 heteroatoms. The number of aliphatic hydroxyl groups is 1. The Hall–Kier alpha value is -0.870. The van der Waals surface area contributed by atoms with Gasteiger partial charge in [0.15, 0.2) is 0 Å². The molecular weight excluding hydrogens is 160 g/mol. The summed E-state index contributed by atoms with van der Waals surface area (Å²) in [5, 5.41) is 8.10. The molecule has 1 heterocycles. The maximum atomic E-state index is 10.1. The molecule has 1 fully saturated rings. The van der Waals surface area contributed by atoms with E-state index in [0.717, 1.165) is 19.3 Å². The van der Waals surface area contributed by atoms with Gasteiger partial charge in [0.2, 0.25) is 0 Å². The van der Waals surface area contributed by atoms with Crippen molar-refractivity contribution in [3.63, 3.8) is 0 Å². The average Bonchev–Trinajstić information content (AvgIpc) is 1.97. The molecule has 0 aromatic heterocycles. The van der Waals surface area contributed by atoms with Crippen molar-refractivity contribution in [3.8, 4) is 0 Å². The van der Waals surface area contributed by atoms with Gasteiger partial charge in [-0.3, -0.25) is 0 Å². The third-order valence-electron chi connectivity index (χ3n) is 1.08. The highest BCUT2D eigenvalue weighted by Gasteiger charge is 1.94. The van der Waals surface area contributed by atoms with Crippen LogP contribution in [0.2, 0.25) is 0 Å². The summed E-state index contributed by atoms with van der Waals surface area (Å²) < 4.78 is 9.06. The highest BCUT2D eigenvalue weighted by atomic mass is 16.5. The van der Waals surface area contributed by atoms with E-state index in [1.54, 1.807) is 0 Å². The zero-order chi connectivity index (χ0) is 9.23. The van der Waals surface area contributed by atoms with E-state index in [1.165, 1.54) is 6.42 Å². The molecule has 1 rings (SSSR count). The van der Waals surface area contributed by atoms with Crippen LogP contribution < -0.4 is 0 Å². The lowest BCUT2D eigenvalue weighted by molar-refractivity contribution is -0.138. The van der Waals surface area contributed by atoms with Crippen molar-refractivity contribution in [1.29, 1.82) is 0 Å². The normalized spacial score (nSPS) is 13.4. The summed E-state index contributed by atoms with van der Waals surface area (Å²) >= 11 is 0. The molecule has 0 aromatic carbocycles. The van der Waals surface area contributed by atoms with Crippen LogP contribution in [0, 0.1) is 0 Å². The molecule has 1 aliphatic rings. The van der Waals surface area contributed by atoms with Gasteiger partial charge in [0.1, 0.15) is 6.61 Å². The molecular formula is C8H14O4. The van der Waals surface area contributed by atoms with Gasteiger partial charge in [-0.15, -0.1) is 0 Å². The third kappa shape index (κ3) is 7.24. The fraction of sp³-hybridized carbons (Fsp3) is 0.625. The number of carbonyl (C=O) groups excluding carboxylic acids is 1. The summed E-state index contributed by atoms with van der Waals surface area (Å²) in [6.07, 6.45) is 2.33. The van der Waals surface area contributed by atoms with Crippen LogP contribution >= 0.6 is 0 Å². The molecule has 70 valence electrons. The smallest absolute Gasteiger partial charge is 0.330 e. The highest BCUT2D eigenvalue weighted by molar-refractivity contribution is 5.81. The van der Waals surface area contributed by atoms with Crippen molar-refractivity contribution in [1.82, 2.24) is 0 Å². The van der Waals surface area contributed by atoms with E-state index in [-0.39, 0.29) is 13.2 Å². The van der Waals surface area contributed by atoms with Gasteiger partial charge in [-0.25, -0.2) is 4.79 Å². The summed E-state index contributed by atoms with van der Waals surface area (Å²) in [7, 11) is 0. The first kappa shape index (κ1) is 11.1. The van der Waals surface area contributed by atoms with Crippen molar-refractivity contribution in [2.45, 2.75) is 6.42 Å². The largest absolute Gasteiger partial charge is 0.460 e. The van der Waals surface area contributed by atoms with Gasteiger partial charge in [-0.1, -0.05) is 6.58 Å². The lowest BCUT2D eigenvalue weighted by atomic mass is 10.4. The van der Waals surface area contributed by atoms with E-state index in [0.29, 0.717) is 0 Å². The summed E-state index contributed by atoms with van der Waals surface area (Å²) in [4.78, 5) is 10.1. The molecule has 4 nitrogen and oxygen atoms in total. The van der Waals surface area contributed by atoms with Gasteiger partial charge in [0.25, 0.3) is 0 Å². The fourth-order valence-corrected chi connectivity index (χ4v) is 0.349. The molecule has 0 radical (unpaired) electrons. The van der Waals surface area contributed by atoms with Crippen molar-refractivity contribution in [2.75, 3.05) is 26.4 Å². The van der Waals surface area contributed by atoms with E-state index < -0.39 is 5.97 Å². The maximum absolute atomic E-state index is 10.1. The predicted octanol–water partition coefficient (Wildman–Crippen LogP) is 0.115. The summed E-state index contributed by atoms with van der Waals surface area (Å²) in [5.41, 5.74) is 0. The fourth-order valence-electron chi connectivity index (χ4n) is 0.349. The van der Waals surface area contributed by atoms with Crippen LogP contribution in [0.1, 0.15) is 6.42 Å². The molecule has 0 aliphatic carbocycles. The molecule has 12 heavy (non-hydrogen) atoms. The highest BCUT2D eigenvalue weighted by Crippen LogP contribution is 1.93. The van der Waals surface area contributed by atoms with Crippen LogP contribution in [0.3, 0.4) is 0 Å². The second-order valence-corrected chi connectivity index (χ2v) is 2.06. The van der Waals surface area contributed by atoms with E-state index in [1.807, 2.05) is 0 Å². The minimum absolute atomic E-state index is 0.0465. The topological polar surface area (TPSA) is 55.8 Å². The predicted molar refractivity (Wildman–Crippen MR) is 43.7 cm³/mol. The Morgan fingerprint density at radius 2 is 2.17 bits per heavy atom. The summed E-state index contributed by atoms with van der Waals surface area (Å²) in [5.74, 6) is -0.501. The monoisotopic (exact) mass is 174 g/mol. The van der Waals surface area contributed by atoms with Crippen LogP contribution in [0.25, 0.3) is 0 Å². The minimum atomic E-state index is -0.501. The van der Waals surface area contributed by atoms with Crippen LogP contribution in [0.15, 0.2) is 12.7 Å². The van der Waals surface area contributed by atoms with Gasteiger partial charge >= 0.3 is 5.97 Å². The Kier molecular flexibility index (Phi) is 7.63. The molecule has 0 spiro atoms. The third-order valence-corrected chi connectivity index (χ3v) is 1.08. The zero-order valence-corrected chi connectivity index (χ0v) is 6.99. The maximum Gasteiger partial charge on any atom is 0.330 e. The molecule has 0 bridgehead atoms. The van der Waals surface area contributed by atoms with Crippen molar-refractivity contribution in [3.05, 3.63) is 12.7 Å². The number of esters is 1. The lowest BCUT2D eigenvalue weighted by Crippen LogP contribution is -2.09. The Bertz CT molecular complexity index is 125. The Balaban J connectivity index is 0.000000247. The first-order valence-electron chi connectivity index (χ1n) is 3.79. The summed E-state index contributed by atoms with van der Waals surface area (Å²) in [6.45, 7) is 5.06. The second kappa shape index (κ2) is 8.23. The van der Waals surface area contributed by atoms with Crippen LogP contribution in [0.4, 0.5) is 0 Å². The Morgan fingerprint density at radius 1 is 1.67 bits per heavy atom. The van der Waals surface area contributed by atoms with Crippen molar-refractivity contribution in [2.24, 2.45) is 0 Å². The second-order valence-electron chi connectivity index (χ2n) is 2.06. The Morgan fingerprint density at radius 3 is 2.42 bits per heavy atom. The molecule has 0 unspecified atom stereocenters. The van der Waals surface area contributed by atoms with Crippen molar-refractivity contribution >= 4 is 5.97 Å². The SMILES string of the molecule is C1COC1.C=CC(=O)OCCO. The van der Waals surface area contributed by atoms with Gasteiger partial charge < -0.3 is 14.6 Å². The van der Waals surface area contributed by atoms with E-state index in [9.17, 15) is 4.79 Å². The number of aliphatic hydroxyl groups excluding tert-OH is 1. The van der Waals surface area contributed by atoms with E-state index >= 15 is 0 Å². The number of hydrogen-bond donors (Lipinski definition) is 1. The lowest BCUT2D eigenvalue weighted by Gasteiger charge is -2.09. The van der Waals surface area contributed by atoms with Gasteiger partial charge in [-0.05, 0) is 6.42 Å². The molecule has 1 N–H and O–H groups in total. The van der Waals surface area contributed by atoms with Crippen LogP contribution in [-0.4, -0.2) is 37.5 Å². The molecule has 0 atom stereocenters. The summed E-state index contributed by atoms with van der Waals surface area (Å²) in [6, 6.07) is 0. The van der Waals surface area contributed by atoms with E-state index in [4.69, 9.17) is 9.84 Å². The standard InChI is InChI=1S/C5H8O3.C3H6O/c1-2-5(7)8-4-3-6;1-2-4-3-1/h2,6H,1,3-4H2;1-3H2. The Labute approximate surface area is 71.8 Å². The number of carbonyl (C=O) groups is 1. The molecule has 1 saturated heterocycles. The molecule has 0 aromatic rings. The number of hydrogen-bond acceptors (Lipinski definition) is 4. The van der Waals surface area contributed by atoms with Gasteiger partial charge in [-0.2, -0.15) is 0 Å². The van der Waals surface area contributed by atoms with Crippen LogP contribution in [-0.2, 0) is 14.3 Å². The van der Waals surface area contributed by atoms with Gasteiger partial charge in [0.05, 0.1) is 6.61 Å². The minimum Gasteiger partial charge on any atom is -0.460 e. The average molecular weight is 174 g/mol. The molecule has 0 amide bonds. The zero-order valence-electron chi connectivity index (χ0n) is 6.99. The first-order valence-corrected chi connectivity index (χ1v) is 3.79. The number of ether oxygens (including phenoxy) is 2. The molecule has 1 aliphatic heterocycles. The van der Waals surface area contributed by atoms with Crippen LogP contribution in [0.5, 0.6) is 0 Å². The number of rotatable bonds is 3. The molecule has 0 saturated carbocycles. The van der Waals surface area contributed by atoms with E-state index in [2.05, 4.69) is 11.3 Å².